The van der Waals surface area contributed by atoms with Crippen LogP contribution in [0.4, 0.5) is 10.1 Å². The quantitative estimate of drug-likeness (QED) is 0.782. The third kappa shape index (κ3) is 3.33. The fourth-order valence-corrected chi connectivity index (χ4v) is 2.23. The van der Waals surface area contributed by atoms with Crippen molar-refractivity contribution in [2.45, 2.75) is 6.54 Å². The van der Waals surface area contributed by atoms with Gasteiger partial charge in [-0.2, -0.15) is 0 Å². The van der Waals surface area contributed by atoms with E-state index in [-0.39, 0.29) is 10.8 Å². The topological polar surface area (TPSA) is 12.0 Å². The molecule has 0 spiro atoms. The normalized spacial score (nSPS) is 10.3. The third-order valence-electron chi connectivity index (χ3n) is 2.34. The van der Waals surface area contributed by atoms with Crippen molar-refractivity contribution in [2.75, 3.05) is 5.32 Å². The molecule has 0 heterocycles. The highest BCUT2D eigenvalue weighted by Crippen LogP contribution is 2.20. The summed E-state index contributed by atoms with van der Waals surface area (Å²) in [5.74, 6) is -0.385. The number of benzene rings is 2. The molecule has 2 aromatic carbocycles. The predicted molar refractivity (Wildman–Crippen MR) is 77.9 cm³/mol. The molecule has 0 radical (unpaired) electrons. The van der Waals surface area contributed by atoms with Crippen LogP contribution in [-0.4, -0.2) is 0 Å². The van der Waals surface area contributed by atoms with Crippen molar-refractivity contribution in [2.24, 2.45) is 0 Å². The molecule has 0 bridgehead atoms. The second-order valence-electron chi connectivity index (χ2n) is 3.58. The van der Waals surface area contributed by atoms with E-state index in [1.165, 1.54) is 6.07 Å². The molecule has 0 aliphatic rings. The average molecular weight is 362 g/mol. The Labute approximate surface area is 118 Å². The van der Waals surface area contributed by atoms with Gasteiger partial charge >= 0.3 is 0 Å². The number of hydrogen-bond acceptors (Lipinski definition) is 1. The van der Waals surface area contributed by atoms with Gasteiger partial charge in [0.25, 0.3) is 0 Å². The van der Waals surface area contributed by atoms with E-state index in [0.717, 1.165) is 14.8 Å². The van der Waals surface area contributed by atoms with Gasteiger partial charge < -0.3 is 5.32 Å². The first-order valence-corrected chi connectivity index (χ1v) is 6.55. The summed E-state index contributed by atoms with van der Waals surface area (Å²) in [5.41, 5.74) is 2.02. The van der Waals surface area contributed by atoms with Crippen LogP contribution in [0.1, 0.15) is 5.56 Å². The molecule has 0 aromatic heterocycles. The highest BCUT2D eigenvalue weighted by molar-refractivity contribution is 14.1. The highest BCUT2D eigenvalue weighted by atomic mass is 127. The summed E-state index contributed by atoms with van der Waals surface area (Å²) in [5, 5.41) is 3.45. The maximum atomic E-state index is 13.0. The van der Waals surface area contributed by atoms with Crippen LogP contribution >= 0.6 is 34.2 Å². The van der Waals surface area contributed by atoms with E-state index in [2.05, 4.69) is 27.9 Å². The standard InChI is InChI=1S/C13H10ClFIN/c14-10-7-9(5-6-11(10)15)8-17-13-4-2-1-3-12(13)16/h1-7,17H,8H2. The van der Waals surface area contributed by atoms with Crippen molar-refractivity contribution in [1.82, 2.24) is 0 Å². The molecule has 0 atom stereocenters. The van der Waals surface area contributed by atoms with Crippen molar-refractivity contribution in [3.8, 4) is 0 Å². The minimum atomic E-state index is -0.385. The lowest BCUT2D eigenvalue weighted by atomic mass is 10.2. The van der Waals surface area contributed by atoms with Gasteiger partial charge in [-0.1, -0.05) is 29.8 Å². The third-order valence-corrected chi connectivity index (χ3v) is 3.57. The Morgan fingerprint density at radius 2 is 1.94 bits per heavy atom. The fraction of sp³-hybridized carbons (Fsp3) is 0.0769. The molecule has 17 heavy (non-hydrogen) atoms. The van der Waals surface area contributed by atoms with Gasteiger partial charge in [0, 0.05) is 15.8 Å². The molecule has 0 saturated carbocycles. The molecule has 4 heteroatoms. The van der Waals surface area contributed by atoms with E-state index in [1.807, 2.05) is 24.3 Å². The zero-order valence-corrected chi connectivity index (χ0v) is 11.8. The Kier molecular flexibility index (Phi) is 4.23. The molecular weight excluding hydrogens is 352 g/mol. The molecule has 0 fully saturated rings. The first-order valence-electron chi connectivity index (χ1n) is 5.09. The SMILES string of the molecule is Fc1ccc(CNc2ccccc2I)cc1Cl. The van der Waals surface area contributed by atoms with Crippen molar-refractivity contribution >= 4 is 39.9 Å². The fourth-order valence-electron chi connectivity index (χ4n) is 1.45. The molecule has 0 unspecified atom stereocenters. The smallest absolute Gasteiger partial charge is 0.141 e. The van der Waals surface area contributed by atoms with Gasteiger partial charge in [0.15, 0.2) is 0 Å². The van der Waals surface area contributed by atoms with Crippen LogP contribution in [-0.2, 0) is 6.54 Å². The molecule has 2 rings (SSSR count). The number of nitrogens with one attached hydrogen (secondary N) is 1. The number of anilines is 1. The van der Waals surface area contributed by atoms with Crippen LogP contribution in [0.25, 0.3) is 0 Å². The molecule has 0 amide bonds. The van der Waals surface area contributed by atoms with Crippen LogP contribution in [0.15, 0.2) is 42.5 Å². The second-order valence-corrected chi connectivity index (χ2v) is 5.15. The van der Waals surface area contributed by atoms with Crippen molar-refractivity contribution in [3.05, 3.63) is 62.4 Å². The molecular formula is C13H10ClFIN. The number of rotatable bonds is 3. The Morgan fingerprint density at radius 1 is 1.18 bits per heavy atom. The lowest BCUT2D eigenvalue weighted by Gasteiger charge is -2.08. The van der Waals surface area contributed by atoms with Crippen molar-refractivity contribution in [3.63, 3.8) is 0 Å². The largest absolute Gasteiger partial charge is 0.380 e. The maximum absolute atomic E-state index is 13.0. The van der Waals surface area contributed by atoms with Crippen LogP contribution in [0.5, 0.6) is 0 Å². The van der Waals surface area contributed by atoms with Gasteiger partial charge in [-0.15, -0.1) is 0 Å². The van der Waals surface area contributed by atoms with Gasteiger partial charge in [0.1, 0.15) is 5.82 Å². The lowest BCUT2D eigenvalue weighted by molar-refractivity contribution is 0.627. The molecule has 0 aliphatic carbocycles. The zero-order chi connectivity index (χ0) is 12.3. The highest BCUT2D eigenvalue weighted by Gasteiger charge is 2.02. The van der Waals surface area contributed by atoms with E-state index < -0.39 is 0 Å². The van der Waals surface area contributed by atoms with Gasteiger partial charge in [-0.25, -0.2) is 4.39 Å². The molecule has 0 saturated heterocycles. The van der Waals surface area contributed by atoms with Gasteiger partial charge in [0.2, 0.25) is 0 Å². The number of para-hydroxylation sites is 1. The van der Waals surface area contributed by atoms with E-state index in [0.29, 0.717) is 6.54 Å². The first kappa shape index (κ1) is 12.6. The summed E-state index contributed by atoms with van der Waals surface area (Å²) < 4.78 is 14.1. The monoisotopic (exact) mass is 361 g/mol. The minimum absolute atomic E-state index is 0.159. The summed E-state index contributed by atoms with van der Waals surface area (Å²) in [6.45, 7) is 0.625. The Hall–Kier alpha value is -0.810. The lowest BCUT2D eigenvalue weighted by Crippen LogP contribution is -2.01. The summed E-state index contributed by atoms with van der Waals surface area (Å²) >= 11 is 7.99. The Bertz CT molecular complexity index is 531. The maximum Gasteiger partial charge on any atom is 0.141 e. The van der Waals surface area contributed by atoms with Crippen molar-refractivity contribution < 1.29 is 4.39 Å². The van der Waals surface area contributed by atoms with E-state index in [4.69, 9.17) is 11.6 Å². The van der Waals surface area contributed by atoms with Crippen molar-refractivity contribution in [1.29, 1.82) is 0 Å². The minimum Gasteiger partial charge on any atom is -0.380 e. The van der Waals surface area contributed by atoms with Crippen LogP contribution in [0, 0.1) is 9.39 Å². The summed E-state index contributed by atoms with van der Waals surface area (Å²) in [6, 6.07) is 12.7. The van der Waals surface area contributed by atoms with Crippen LogP contribution in [0.3, 0.4) is 0 Å². The molecule has 2 aromatic rings. The van der Waals surface area contributed by atoms with Gasteiger partial charge in [0.05, 0.1) is 5.02 Å². The Morgan fingerprint density at radius 3 is 2.65 bits per heavy atom. The molecule has 0 aliphatic heterocycles. The number of halogens is 3. The van der Waals surface area contributed by atoms with E-state index in [9.17, 15) is 4.39 Å². The molecule has 1 nitrogen and oxygen atoms in total. The summed E-state index contributed by atoms with van der Waals surface area (Å²) in [7, 11) is 0. The second kappa shape index (κ2) is 5.69. The average Bonchev–Trinajstić information content (AvgIpc) is 2.32. The summed E-state index contributed by atoms with van der Waals surface area (Å²) in [4.78, 5) is 0. The van der Waals surface area contributed by atoms with Gasteiger partial charge in [-0.3, -0.25) is 0 Å². The van der Waals surface area contributed by atoms with E-state index in [1.54, 1.807) is 12.1 Å². The first-order chi connectivity index (χ1) is 8.16. The number of hydrogen-bond donors (Lipinski definition) is 1. The Balaban J connectivity index is 2.08. The van der Waals surface area contributed by atoms with E-state index >= 15 is 0 Å². The molecule has 1 N–H and O–H groups in total. The van der Waals surface area contributed by atoms with Crippen LogP contribution < -0.4 is 5.32 Å². The predicted octanol–water partition coefficient (Wildman–Crippen LogP) is 4.70. The van der Waals surface area contributed by atoms with Gasteiger partial charge in [-0.05, 0) is 52.4 Å². The molecule has 88 valence electrons. The summed E-state index contributed by atoms with van der Waals surface area (Å²) in [6.07, 6.45) is 0. The van der Waals surface area contributed by atoms with Crippen LogP contribution in [0.2, 0.25) is 5.02 Å². The zero-order valence-electron chi connectivity index (χ0n) is 8.88.